The summed E-state index contributed by atoms with van der Waals surface area (Å²) in [5.41, 5.74) is 1.95. The predicted molar refractivity (Wildman–Crippen MR) is 113 cm³/mol. The Morgan fingerprint density at radius 1 is 1.13 bits per heavy atom. The number of nitrogens with zero attached hydrogens (tertiary/aromatic N) is 1. The number of amides is 3. The Bertz CT molecular complexity index is 977. The maximum atomic E-state index is 12.4. The lowest BCUT2D eigenvalue weighted by molar-refractivity contribution is -0.136. The van der Waals surface area contributed by atoms with Crippen molar-refractivity contribution >= 4 is 23.6 Å². The predicted octanol–water partition coefficient (Wildman–Crippen LogP) is 2.47. The third-order valence-electron chi connectivity index (χ3n) is 4.86. The fourth-order valence-electron chi connectivity index (χ4n) is 3.24. The molecule has 9 nitrogen and oxygen atoms in total. The molecule has 0 saturated carbocycles. The molecule has 0 unspecified atom stereocenters. The molecule has 0 spiro atoms. The van der Waals surface area contributed by atoms with Crippen molar-refractivity contribution < 1.29 is 28.6 Å². The van der Waals surface area contributed by atoms with Crippen LogP contribution in [0.5, 0.6) is 11.5 Å². The number of ether oxygens (including phenoxy) is 3. The van der Waals surface area contributed by atoms with Crippen LogP contribution in [-0.4, -0.2) is 50.2 Å². The molecule has 3 amide bonds. The van der Waals surface area contributed by atoms with Crippen molar-refractivity contribution in [2.45, 2.75) is 19.5 Å². The SMILES string of the molecule is COc1ccc(OC)c([C@H](C)NC(=O)C(=O)Nc2cccc(CN3CCOC3=O)c2)c1. The van der Waals surface area contributed by atoms with E-state index in [0.717, 1.165) is 5.56 Å². The van der Waals surface area contributed by atoms with Gasteiger partial charge in [0.25, 0.3) is 0 Å². The first kappa shape index (κ1) is 21.9. The molecule has 31 heavy (non-hydrogen) atoms. The van der Waals surface area contributed by atoms with Crippen molar-refractivity contribution in [3.8, 4) is 11.5 Å². The highest BCUT2D eigenvalue weighted by Gasteiger charge is 2.23. The number of carbonyl (C=O) groups is 3. The van der Waals surface area contributed by atoms with E-state index in [0.29, 0.717) is 42.4 Å². The second-order valence-electron chi connectivity index (χ2n) is 6.99. The molecule has 1 atom stereocenters. The van der Waals surface area contributed by atoms with Gasteiger partial charge in [0.1, 0.15) is 18.1 Å². The highest BCUT2D eigenvalue weighted by molar-refractivity contribution is 6.39. The monoisotopic (exact) mass is 427 g/mol. The van der Waals surface area contributed by atoms with Crippen molar-refractivity contribution in [1.29, 1.82) is 0 Å². The molecule has 0 bridgehead atoms. The largest absolute Gasteiger partial charge is 0.497 e. The van der Waals surface area contributed by atoms with Crippen LogP contribution in [-0.2, 0) is 20.9 Å². The van der Waals surface area contributed by atoms with Crippen LogP contribution < -0.4 is 20.1 Å². The third kappa shape index (κ3) is 5.44. The number of carbonyl (C=O) groups excluding carboxylic acids is 3. The molecule has 3 rings (SSSR count). The molecule has 1 fully saturated rings. The third-order valence-corrected chi connectivity index (χ3v) is 4.86. The maximum absolute atomic E-state index is 12.4. The number of cyclic esters (lactones) is 1. The molecule has 2 aromatic rings. The van der Waals surface area contributed by atoms with Gasteiger partial charge in [0.05, 0.1) is 26.8 Å². The molecule has 2 aromatic carbocycles. The van der Waals surface area contributed by atoms with Crippen LogP contribution in [0.2, 0.25) is 0 Å². The first-order valence-electron chi connectivity index (χ1n) is 9.75. The highest BCUT2D eigenvalue weighted by atomic mass is 16.6. The summed E-state index contributed by atoms with van der Waals surface area (Å²) in [7, 11) is 3.07. The Hall–Kier alpha value is -3.75. The van der Waals surface area contributed by atoms with Crippen molar-refractivity contribution in [2.24, 2.45) is 0 Å². The standard InChI is InChI=1S/C22H25N3O6/c1-14(18-12-17(29-2)7-8-19(18)30-3)23-20(26)21(27)24-16-6-4-5-15(11-16)13-25-9-10-31-22(25)28/h4-8,11-12,14H,9-10,13H2,1-3H3,(H,23,26)(H,24,27)/t14-/m0/s1. The first-order chi connectivity index (χ1) is 14.9. The number of hydrogen-bond donors (Lipinski definition) is 2. The Labute approximate surface area is 180 Å². The van der Waals surface area contributed by atoms with Gasteiger partial charge in [0, 0.05) is 17.8 Å². The van der Waals surface area contributed by atoms with Gasteiger partial charge in [-0.05, 0) is 42.8 Å². The summed E-state index contributed by atoms with van der Waals surface area (Å²) in [6.45, 7) is 2.99. The smallest absolute Gasteiger partial charge is 0.410 e. The molecule has 1 aliphatic heterocycles. The molecular weight excluding hydrogens is 402 g/mol. The van der Waals surface area contributed by atoms with Crippen molar-refractivity contribution in [3.63, 3.8) is 0 Å². The summed E-state index contributed by atoms with van der Waals surface area (Å²) in [6.07, 6.45) is -0.365. The number of anilines is 1. The minimum atomic E-state index is -0.800. The van der Waals surface area contributed by atoms with Gasteiger partial charge in [0.2, 0.25) is 0 Å². The summed E-state index contributed by atoms with van der Waals surface area (Å²) in [5.74, 6) is -0.403. The number of rotatable bonds is 7. The van der Waals surface area contributed by atoms with Crippen molar-refractivity contribution in [2.75, 3.05) is 32.7 Å². The van der Waals surface area contributed by atoms with Gasteiger partial charge in [-0.3, -0.25) is 9.59 Å². The van der Waals surface area contributed by atoms with E-state index < -0.39 is 17.9 Å². The lowest BCUT2D eigenvalue weighted by atomic mass is 10.1. The minimum Gasteiger partial charge on any atom is -0.497 e. The zero-order valence-corrected chi connectivity index (χ0v) is 17.6. The second-order valence-corrected chi connectivity index (χ2v) is 6.99. The Morgan fingerprint density at radius 3 is 2.61 bits per heavy atom. The summed E-state index contributed by atoms with van der Waals surface area (Å²) in [4.78, 5) is 38.0. The summed E-state index contributed by atoms with van der Waals surface area (Å²) in [6, 6.07) is 11.7. The van der Waals surface area contributed by atoms with Crippen LogP contribution in [0.4, 0.5) is 10.5 Å². The van der Waals surface area contributed by atoms with Gasteiger partial charge in [-0.25, -0.2) is 4.79 Å². The summed E-state index contributed by atoms with van der Waals surface area (Å²) < 4.78 is 15.5. The van der Waals surface area contributed by atoms with Crippen LogP contribution in [0, 0.1) is 0 Å². The van der Waals surface area contributed by atoms with Crippen LogP contribution in [0.3, 0.4) is 0 Å². The number of nitrogens with one attached hydrogen (secondary N) is 2. The van der Waals surface area contributed by atoms with E-state index in [1.54, 1.807) is 55.3 Å². The molecule has 1 aliphatic rings. The van der Waals surface area contributed by atoms with Gasteiger partial charge in [-0.2, -0.15) is 0 Å². The lowest BCUT2D eigenvalue weighted by Gasteiger charge is -2.18. The lowest BCUT2D eigenvalue weighted by Crippen LogP contribution is -2.37. The van der Waals surface area contributed by atoms with E-state index in [-0.39, 0.29) is 6.09 Å². The van der Waals surface area contributed by atoms with E-state index in [9.17, 15) is 14.4 Å². The van der Waals surface area contributed by atoms with Gasteiger partial charge in [0.15, 0.2) is 0 Å². The van der Waals surface area contributed by atoms with Crippen LogP contribution in [0.25, 0.3) is 0 Å². The maximum Gasteiger partial charge on any atom is 0.410 e. The van der Waals surface area contributed by atoms with Crippen LogP contribution in [0.15, 0.2) is 42.5 Å². The average molecular weight is 427 g/mol. The Balaban J connectivity index is 1.62. The number of benzene rings is 2. The fraction of sp³-hybridized carbons (Fsp3) is 0.318. The normalized spacial score (nSPS) is 13.9. The van der Waals surface area contributed by atoms with Crippen LogP contribution >= 0.6 is 0 Å². The zero-order chi connectivity index (χ0) is 22.4. The molecule has 9 heteroatoms. The van der Waals surface area contributed by atoms with Crippen molar-refractivity contribution in [3.05, 3.63) is 53.6 Å². The highest BCUT2D eigenvalue weighted by Crippen LogP contribution is 2.29. The van der Waals surface area contributed by atoms with Gasteiger partial charge in [-0.1, -0.05) is 12.1 Å². The Morgan fingerprint density at radius 2 is 1.94 bits per heavy atom. The van der Waals surface area contributed by atoms with E-state index in [4.69, 9.17) is 14.2 Å². The van der Waals surface area contributed by atoms with Gasteiger partial charge < -0.3 is 29.7 Å². The first-order valence-corrected chi connectivity index (χ1v) is 9.75. The number of methoxy groups -OCH3 is 2. The molecule has 1 heterocycles. The van der Waals surface area contributed by atoms with Crippen molar-refractivity contribution in [1.82, 2.24) is 10.2 Å². The second kappa shape index (κ2) is 9.84. The number of hydrogen-bond acceptors (Lipinski definition) is 6. The topological polar surface area (TPSA) is 106 Å². The molecule has 2 N–H and O–H groups in total. The van der Waals surface area contributed by atoms with E-state index in [1.165, 1.54) is 7.11 Å². The fourth-order valence-corrected chi connectivity index (χ4v) is 3.24. The molecule has 1 saturated heterocycles. The molecule has 0 radical (unpaired) electrons. The Kier molecular flexibility index (Phi) is 6.96. The van der Waals surface area contributed by atoms with Gasteiger partial charge in [-0.15, -0.1) is 0 Å². The molecular formula is C22H25N3O6. The summed E-state index contributed by atoms with van der Waals surface area (Å²) >= 11 is 0. The molecule has 0 aliphatic carbocycles. The van der Waals surface area contributed by atoms with Crippen LogP contribution in [0.1, 0.15) is 24.1 Å². The minimum absolute atomic E-state index is 0.363. The van der Waals surface area contributed by atoms with E-state index >= 15 is 0 Å². The van der Waals surface area contributed by atoms with E-state index in [2.05, 4.69) is 10.6 Å². The van der Waals surface area contributed by atoms with E-state index in [1.807, 2.05) is 6.07 Å². The average Bonchev–Trinajstić information content (AvgIpc) is 3.17. The molecule has 164 valence electrons. The zero-order valence-electron chi connectivity index (χ0n) is 17.6. The van der Waals surface area contributed by atoms with Gasteiger partial charge >= 0.3 is 17.9 Å². The summed E-state index contributed by atoms with van der Waals surface area (Å²) in [5, 5.41) is 5.25. The molecule has 0 aromatic heterocycles. The quantitative estimate of drug-likeness (QED) is 0.658.